The third kappa shape index (κ3) is 7.21. The molecule has 0 aliphatic carbocycles. The summed E-state index contributed by atoms with van der Waals surface area (Å²) < 4.78 is 0. The summed E-state index contributed by atoms with van der Waals surface area (Å²) in [5, 5.41) is 0. The molecule has 0 aromatic heterocycles. The molecule has 0 radical (unpaired) electrons. The fourth-order valence-corrected chi connectivity index (χ4v) is 0.715. The van der Waals surface area contributed by atoms with Crippen molar-refractivity contribution < 1.29 is 24.3 Å². The van der Waals surface area contributed by atoms with Crippen molar-refractivity contribution in [3.05, 3.63) is 47.6 Å². The third-order valence-corrected chi connectivity index (χ3v) is 2.06. The minimum atomic E-state index is -0.00833. The van der Waals surface area contributed by atoms with Gasteiger partial charge in [0.25, 0.3) is 0 Å². The second-order valence-corrected chi connectivity index (χ2v) is 3.62. The molecule has 0 aromatic rings. The van der Waals surface area contributed by atoms with Crippen molar-refractivity contribution in [2.45, 2.75) is 27.7 Å². The summed E-state index contributed by atoms with van der Waals surface area (Å²) in [6, 6.07) is 0. The molecule has 0 unspecified atom stereocenters. The van der Waals surface area contributed by atoms with Crippen molar-refractivity contribution in [1.82, 2.24) is 0 Å². The summed E-state index contributed by atoms with van der Waals surface area (Å²) in [5.74, 6) is -0.00833. The van der Waals surface area contributed by atoms with Crippen LogP contribution in [0.2, 0.25) is 0 Å². The van der Waals surface area contributed by atoms with Crippen LogP contribution in [0.1, 0.15) is 27.7 Å². The number of carbonyl (C=O) groups excluding carboxylic acids is 1. The van der Waals surface area contributed by atoms with Gasteiger partial charge in [0.05, 0.1) is 0 Å². The van der Waals surface area contributed by atoms with Gasteiger partial charge in [-0.1, -0.05) is 24.3 Å². The smallest absolute Gasteiger partial charge is 0.179 e. The topological polar surface area (TPSA) is 17.1 Å². The van der Waals surface area contributed by atoms with Gasteiger partial charge in [-0.3, -0.25) is 4.79 Å². The Morgan fingerprint density at radius 1 is 0.867 bits per heavy atom. The Morgan fingerprint density at radius 2 is 1.13 bits per heavy atom. The zero-order valence-electron chi connectivity index (χ0n) is 9.83. The Bertz CT molecular complexity index is 300. The Balaban J connectivity index is 0. The van der Waals surface area contributed by atoms with E-state index in [1.807, 2.05) is 27.7 Å². The van der Waals surface area contributed by atoms with Crippen LogP contribution in [-0.4, -0.2) is 5.78 Å². The van der Waals surface area contributed by atoms with E-state index in [1.54, 1.807) is 12.2 Å². The average molecular weight is 291 g/mol. The van der Waals surface area contributed by atoms with E-state index in [1.165, 1.54) is 0 Å². The van der Waals surface area contributed by atoms with Crippen molar-refractivity contribution >= 4 is 5.78 Å². The molecule has 0 aliphatic heterocycles. The maximum atomic E-state index is 11.4. The van der Waals surface area contributed by atoms with Crippen LogP contribution in [0.5, 0.6) is 0 Å². The van der Waals surface area contributed by atoms with E-state index in [4.69, 9.17) is 0 Å². The van der Waals surface area contributed by atoms with Crippen molar-refractivity contribution in [2.75, 3.05) is 0 Å². The molecular weight excluding hydrogens is 273 g/mol. The quantitative estimate of drug-likeness (QED) is 0.439. The van der Waals surface area contributed by atoms with Crippen LogP contribution >= 0.6 is 0 Å². The van der Waals surface area contributed by atoms with Crippen LogP contribution in [0.15, 0.2) is 47.6 Å². The van der Waals surface area contributed by atoms with Crippen LogP contribution in [0, 0.1) is 0 Å². The van der Waals surface area contributed by atoms with Crippen molar-refractivity contribution in [3.63, 3.8) is 0 Å². The molecular formula is C13H18ORu. The molecule has 0 N–H and O–H groups in total. The van der Waals surface area contributed by atoms with Gasteiger partial charge < -0.3 is 0 Å². The van der Waals surface area contributed by atoms with Gasteiger partial charge in [-0.25, -0.2) is 0 Å². The zero-order chi connectivity index (χ0) is 11.3. The first-order valence-electron chi connectivity index (χ1n) is 4.57. The monoisotopic (exact) mass is 292 g/mol. The van der Waals surface area contributed by atoms with Crippen LogP contribution in [-0.2, 0) is 24.3 Å². The maximum absolute atomic E-state index is 11.4. The number of ketones is 1. The van der Waals surface area contributed by atoms with Crippen LogP contribution in [0.4, 0.5) is 0 Å². The number of carbonyl (C=O) groups is 1. The average Bonchev–Trinajstić information content (AvgIpc) is 2.03. The molecule has 0 saturated heterocycles. The number of hydrogen-bond donors (Lipinski definition) is 0. The number of rotatable bonds is 4. The fourth-order valence-electron chi connectivity index (χ4n) is 0.715. The molecule has 0 amide bonds. The largest absolute Gasteiger partial charge is 0.290 e. The SMILES string of the molecule is C=C(C)C(C)=CC(=O)C=C(C)C(=C)C.[Ru]. The van der Waals surface area contributed by atoms with E-state index >= 15 is 0 Å². The first-order chi connectivity index (χ1) is 6.34. The summed E-state index contributed by atoms with van der Waals surface area (Å²) in [6.45, 7) is 15.1. The van der Waals surface area contributed by atoms with E-state index in [9.17, 15) is 4.79 Å². The fraction of sp³-hybridized carbons (Fsp3) is 0.308. The summed E-state index contributed by atoms with van der Waals surface area (Å²) in [7, 11) is 0. The van der Waals surface area contributed by atoms with Gasteiger partial charge in [-0.2, -0.15) is 0 Å². The second-order valence-electron chi connectivity index (χ2n) is 3.62. The predicted molar refractivity (Wildman–Crippen MR) is 62.1 cm³/mol. The zero-order valence-corrected chi connectivity index (χ0v) is 11.6. The van der Waals surface area contributed by atoms with Crippen molar-refractivity contribution in [2.24, 2.45) is 0 Å². The molecule has 2 heteroatoms. The van der Waals surface area contributed by atoms with Gasteiger partial charge in [-0.15, -0.1) is 0 Å². The summed E-state index contributed by atoms with van der Waals surface area (Å²) in [5.41, 5.74) is 3.67. The Labute approximate surface area is 105 Å². The minimum absolute atomic E-state index is 0. The van der Waals surface area contributed by atoms with Gasteiger partial charge in [0, 0.05) is 19.5 Å². The molecule has 15 heavy (non-hydrogen) atoms. The van der Waals surface area contributed by atoms with E-state index < -0.39 is 0 Å². The first-order valence-corrected chi connectivity index (χ1v) is 4.57. The molecule has 0 spiro atoms. The van der Waals surface area contributed by atoms with Gasteiger partial charge in [0.2, 0.25) is 0 Å². The molecule has 0 rings (SSSR count). The molecule has 1 nitrogen and oxygen atoms in total. The number of hydrogen-bond acceptors (Lipinski definition) is 1. The molecule has 0 bridgehead atoms. The number of allylic oxidation sites excluding steroid dienone is 6. The Hall–Kier alpha value is -0.747. The summed E-state index contributed by atoms with van der Waals surface area (Å²) in [6.07, 6.45) is 3.18. The molecule has 0 aromatic carbocycles. The van der Waals surface area contributed by atoms with E-state index in [0.717, 1.165) is 22.3 Å². The Kier molecular flexibility index (Phi) is 8.37. The molecule has 0 aliphatic rings. The molecule has 0 atom stereocenters. The van der Waals surface area contributed by atoms with Gasteiger partial charge >= 0.3 is 0 Å². The molecule has 0 fully saturated rings. The van der Waals surface area contributed by atoms with E-state index in [2.05, 4.69) is 13.2 Å². The van der Waals surface area contributed by atoms with Crippen molar-refractivity contribution in [1.29, 1.82) is 0 Å². The Morgan fingerprint density at radius 3 is 1.33 bits per heavy atom. The van der Waals surface area contributed by atoms with Crippen LogP contribution < -0.4 is 0 Å². The summed E-state index contributed by atoms with van der Waals surface area (Å²) >= 11 is 0. The van der Waals surface area contributed by atoms with Crippen LogP contribution in [0.3, 0.4) is 0 Å². The second kappa shape index (κ2) is 7.53. The van der Waals surface area contributed by atoms with Gasteiger partial charge in [0.1, 0.15) is 0 Å². The van der Waals surface area contributed by atoms with E-state index in [0.29, 0.717) is 0 Å². The third-order valence-electron chi connectivity index (χ3n) is 2.06. The maximum Gasteiger partial charge on any atom is 0.179 e. The molecule has 84 valence electrons. The van der Waals surface area contributed by atoms with Crippen molar-refractivity contribution in [3.8, 4) is 0 Å². The van der Waals surface area contributed by atoms with Crippen LogP contribution in [0.25, 0.3) is 0 Å². The summed E-state index contributed by atoms with van der Waals surface area (Å²) in [4.78, 5) is 11.4. The standard InChI is InChI=1S/C13H18O.Ru/c1-9(2)11(5)7-13(14)8-12(6)10(3)4;/h7-8H,1,3H2,2,4-6H3;. The predicted octanol–water partition coefficient (Wildman–Crippen LogP) is 3.60. The molecule has 0 saturated carbocycles. The normalized spacial score (nSPS) is 11.7. The van der Waals surface area contributed by atoms with Gasteiger partial charge in [0.15, 0.2) is 5.78 Å². The van der Waals surface area contributed by atoms with Gasteiger partial charge in [-0.05, 0) is 51.0 Å². The van der Waals surface area contributed by atoms with E-state index in [-0.39, 0.29) is 25.3 Å². The first kappa shape index (κ1) is 16.7. The minimum Gasteiger partial charge on any atom is -0.290 e. The molecule has 0 heterocycles.